The third-order valence-corrected chi connectivity index (χ3v) is 5.42. The fourth-order valence-corrected chi connectivity index (χ4v) is 4.03. The van der Waals surface area contributed by atoms with Crippen LogP contribution < -0.4 is 4.74 Å². The van der Waals surface area contributed by atoms with E-state index in [0.717, 1.165) is 25.0 Å². The average Bonchev–Trinajstić information content (AvgIpc) is 2.82. The SMILES string of the molecule is COc1ccc2c3c(ccc2c1)C1=CCC(O)C1(C)CC3. The van der Waals surface area contributed by atoms with Crippen LogP contribution in [0.2, 0.25) is 0 Å². The van der Waals surface area contributed by atoms with E-state index in [1.807, 2.05) is 6.07 Å². The van der Waals surface area contributed by atoms with Gasteiger partial charge in [-0.3, -0.25) is 0 Å². The van der Waals surface area contributed by atoms with E-state index in [9.17, 15) is 5.11 Å². The minimum atomic E-state index is -0.229. The van der Waals surface area contributed by atoms with Crippen LogP contribution in [0.15, 0.2) is 36.4 Å². The summed E-state index contributed by atoms with van der Waals surface area (Å²) >= 11 is 0. The van der Waals surface area contributed by atoms with Crippen molar-refractivity contribution in [2.75, 3.05) is 7.11 Å². The molecule has 21 heavy (non-hydrogen) atoms. The van der Waals surface area contributed by atoms with Crippen LogP contribution in [-0.4, -0.2) is 18.3 Å². The minimum absolute atomic E-state index is 0.0624. The highest BCUT2D eigenvalue weighted by atomic mass is 16.5. The molecule has 2 aromatic carbocycles. The molecule has 0 saturated heterocycles. The lowest BCUT2D eigenvalue weighted by Crippen LogP contribution is -2.32. The first kappa shape index (κ1) is 12.9. The van der Waals surface area contributed by atoms with Crippen LogP contribution in [0.1, 0.15) is 30.9 Å². The van der Waals surface area contributed by atoms with Gasteiger partial charge in [-0.25, -0.2) is 0 Å². The van der Waals surface area contributed by atoms with E-state index >= 15 is 0 Å². The first-order valence-corrected chi connectivity index (χ1v) is 7.62. The Morgan fingerprint density at radius 1 is 1.24 bits per heavy atom. The molecule has 0 fully saturated rings. The molecule has 0 radical (unpaired) electrons. The van der Waals surface area contributed by atoms with Crippen molar-refractivity contribution in [3.8, 4) is 5.75 Å². The predicted octanol–water partition coefficient (Wildman–Crippen LogP) is 3.95. The molecule has 0 amide bonds. The number of benzene rings is 2. The van der Waals surface area contributed by atoms with Crippen molar-refractivity contribution in [2.24, 2.45) is 5.41 Å². The molecule has 0 aliphatic heterocycles. The molecule has 0 spiro atoms. The second kappa shape index (κ2) is 4.35. The smallest absolute Gasteiger partial charge is 0.119 e. The van der Waals surface area contributed by atoms with Crippen molar-refractivity contribution in [3.05, 3.63) is 47.5 Å². The molecule has 2 aliphatic rings. The van der Waals surface area contributed by atoms with Crippen LogP contribution in [0.25, 0.3) is 16.3 Å². The second-order valence-electron chi connectivity index (χ2n) is 6.47. The van der Waals surface area contributed by atoms with Gasteiger partial charge in [0.25, 0.3) is 0 Å². The Hall–Kier alpha value is -1.80. The average molecular weight is 280 g/mol. The van der Waals surface area contributed by atoms with E-state index in [0.29, 0.717) is 0 Å². The summed E-state index contributed by atoms with van der Waals surface area (Å²) in [6.07, 6.45) is 4.85. The number of aliphatic hydroxyl groups excluding tert-OH is 1. The summed E-state index contributed by atoms with van der Waals surface area (Å²) in [5.41, 5.74) is 4.03. The number of fused-ring (bicyclic) bond motifs is 5. The lowest BCUT2D eigenvalue weighted by Gasteiger charge is -2.37. The molecule has 0 heterocycles. The van der Waals surface area contributed by atoms with Crippen molar-refractivity contribution < 1.29 is 9.84 Å². The Bertz CT molecular complexity index is 759. The topological polar surface area (TPSA) is 29.5 Å². The predicted molar refractivity (Wildman–Crippen MR) is 85.5 cm³/mol. The molecule has 4 rings (SSSR count). The summed E-state index contributed by atoms with van der Waals surface area (Å²) < 4.78 is 5.32. The second-order valence-corrected chi connectivity index (χ2v) is 6.47. The standard InChI is InChI=1S/C19H20O2/c1-19-10-9-15-14-6-4-13(21-2)11-12(14)3-5-16(15)17(19)7-8-18(19)20/h3-7,11,18,20H,8-10H2,1-2H3. The Morgan fingerprint density at radius 2 is 2.10 bits per heavy atom. The largest absolute Gasteiger partial charge is 0.497 e. The molecule has 0 saturated carbocycles. The lowest BCUT2D eigenvalue weighted by atomic mass is 9.68. The van der Waals surface area contributed by atoms with Crippen LogP contribution in [-0.2, 0) is 6.42 Å². The number of hydrogen-bond acceptors (Lipinski definition) is 2. The van der Waals surface area contributed by atoms with Gasteiger partial charge in [0.1, 0.15) is 5.75 Å². The fraction of sp³-hybridized carbons (Fsp3) is 0.368. The molecular formula is C19H20O2. The van der Waals surface area contributed by atoms with Gasteiger partial charge in [-0.05, 0) is 58.9 Å². The van der Waals surface area contributed by atoms with Gasteiger partial charge in [0, 0.05) is 5.41 Å². The zero-order valence-corrected chi connectivity index (χ0v) is 12.5. The summed E-state index contributed by atoms with van der Waals surface area (Å²) in [4.78, 5) is 0. The normalized spacial score (nSPS) is 27.2. The highest BCUT2D eigenvalue weighted by Gasteiger charge is 2.43. The van der Waals surface area contributed by atoms with E-state index in [2.05, 4.69) is 37.3 Å². The number of aryl methyl sites for hydroxylation is 1. The van der Waals surface area contributed by atoms with E-state index < -0.39 is 0 Å². The first-order chi connectivity index (χ1) is 10.1. The quantitative estimate of drug-likeness (QED) is 0.857. The van der Waals surface area contributed by atoms with Crippen LogP contribution in [0.3, 0.4) is 0 Å². The van der Waals surface area contributed by atoms with Gasteiger partial charge >= 0.3 is 0 Å². The van der Waals surface area contributed by atoms with Crippen molar-refractivity contribution in [1.29, 1.82) is 0 Å². The Morgan fingerprint density at radius 3 is 2.90 bits per heavy atom. The summed E-state index contributed by atoms with van der Waals surface area (Å²) in [5, 5.41) is 12.9. The molecule has 0 aromatic heterocycles. The minimum Gasteiger partial charge on any atom is -0.497 e. The third-order valence-electron chi connectivity index (χ3n) is 5.42. The van der Waals surface area contributed by atoms with Crippen LogP contribution >= 0.6 is 0 Å². The molecule has 0 bridgehead atoms. The van der Waals surface area contributed by atoms with Gasteiger partial charge in [0.2, 0.25) is 0 Å². The summed E-state index contributed by atoms with van der Waals surface area (Å²) in [6.45, 7) is 2.21. The van der Waals surface area contributed by atoms with Gasteiger partial charge in [-0.1, -0.05) is 31.2 Å². The first-order valence-electron chi connectivity index (χ1n) is 7.62. The van der Waals surface area contributed by atoms with Crippen molar-refractivity contribution in [2.45, 2.75) is 32.3 Å². The fourth-order valence-electron chi connectivity index (χ4n) is 4.03. The van der Waals surface area contributed by atoms with Crippen molar-refractivity contribution >= 4 is 16.3 Å². The van der Waals surface area contributed by atoms with Gasteiger partial charge in [-0.2, -0.15) is 0 Å². The third kappa shape index (κ3) is 1.69. The van der Waals surface area contributed by atoms with Crippen molar-refractivity contribution in [1.82, 2.24) is 0 Å². The zero-order chi connectivity index (χ0) is 14.6. The number of hydrogen-bond donors (Lipinski definition) is 1. The van der Waals surface area contributed by atoms with Gasteiger partial charge in [-0.15, -0.1) is 0 Å². The maximum atomic E-state index is 10.3. The van der Waals surface area contributed by atoms with Crippen LogP contribution in [0.4, 0.5) is 0 Å². The van der Waals surface area contributed by atoms with E-state index in [1.54, 1.807) is 7.11 Å². The molecule has 2 aromatic rings. The van der Waals surface area contributed by atoms with Gasteiger partial charge in [0.05, 0.1) is 13.2 Å². The Balaban J connectivity index is 1.93. The summed E-state index contributed by atoms with van der Waals surface area (Å²) in [6, 6.07) is 10.7. The molecule has 2 nitrogen and oxygen atoms in total. The highest BCUT2D eigenvalue weighted by Crippen LogP contribution is 2.52. The van der Waals surface area contributed by atoms with E-state index in [4.69, 9.17) is 4.74 Å². The highest BCUT2D eigenvalue weighted by molar-refractivity contribution is 5.93. The summed E-state index contributed by atoms with van der Waals surface area (Å²) in [7, 11) is 1.70. The molecule has 2 aliphatic carbocycles. The Labute approximate surface area is 125 Å². The number of rotatable bonds is 1. The summed E-state index contributed by atoms with van der Waals surface area (Å²) in [5.74, 6) is 0.901. The number of aliphatic hydroxyl groups is 1. The lowest BCUT2D eigenvalue weighted by molar-refractivity contribution is 0.0827. The number of methoxy groups -OCH3 is 1. The molecule has 108 valence electrons. The van der Waals surface area contributed by atoms with E-state index in [1.165, 1.54) is 27.5 Å². The zero-order valence-electron chi connectivity index (χ0n) is 12.5. The van der Waals surface area contributed by atoms with Crippen LogP contribution in [0, 0.1) is 5.41 Å². The Kier molecular flexibility index (Phi) is 2.67. The van der Waals surface area contributed by atoms with Gasteiger partial charge < -0.3 is 9.84 Å². The molecule has 2 atom stereocenters. The van der Waals surface area contributed by atoms with Crippen LogP contribution in [0.5, 0.6) is 5.75 Å². The molecular weight excluding hydrogens is 260 g/mol. The maximum Gasteiger partial charge on any atom is 0.119 e. The monoisotopic (exact) mass is 280 g/mol. The molecule has 2 unspecified atom stereocenters. The molecule has 1 N–H and O–H groups in total. The number of ether oxygens (including phenoxy) is 1. The van der Waals surface area contributed by atoms with E-state index in [-0.39, 0.29) is 11.5 Å². The molecule has 2 heteroatoms. The van der Waals surface area contributed by atoms with Crippen molar-refractivity contribution in [3.63, 3.8) is 0 Å². The maximum absolute atomic E-state index is 10.3. The van der Waals surface area contributed by atoms with Gasteiger partial charge in [0.15, 0.2) is 0 Å².